The van der Waals surface area contributed by atoms with Crippen molar-refractivity contribution < 1.29 is 0 Å². The molecule has 0 bridgehead atoms. The third kappa shape index (κ3) is 4.88. The topological polar surface area (TPSA) is 33.1 Å². The van der Waals surface area contributed by atoms with E-state index in [0.29, 0.717) is 0 Å². The Kier molecular flexibility index (Phi) is 5.52. The third-order valence-corrected chi connectivity index (χ3v) is 3.38. The zero-order chi connectivity index (χ0) is 11.8. The molecule has 1 aromatic heterocycles. The molecule has 1 saturated heterocycles. The van der Waals surface area contributed by atoms with Crippen LogP contribution in [0, 0.1) is 0 Å². The van der Waals surface area contributed by atoms with Gasteiger partial charge in [0.2, 0.25) is 0 Å². The first-order valence-electron chi connectivity index (χ1n) is 6.84. The fourth-order valence-corrected chi connectivity index (χ4v) is 2.35. The van der Waals surface area contributed by atoms with Crippen molar-refractivity contribution in [3.05, 3.63) is 18.7 Å². The molecular weight excluding hydrogens is 212 g/mol. The molecule has 2 rings (SSSR count). The number of rotatable bonds is 7. The van der Waals surface area contributed by atoms with Gasteiger partial charge in [-0.25, -0.2) is 4.98 Å². The largest absolute Gasteiger partial charge is 0.337 e. The molecule has 0 radical (unpaired) electrons. The minimum Gasteiger partial charge on any atom is -0.337 e. The molecular formula is C13H24N4. The minimum atomic E-state index is 1.07. The smallest absolute Gasteiger partial charge is 0.0945 e. The highest BCUT2D eigenvalue weighted by atomic mass is 15.1. The van der Waals surface area contributed by atoms with Gasteiger partial charge in [0.05, 0.1) is 6.33 Å². The van der Waals surface area contributed by atoms with Gasteiger partial charge in [-0.3, -0.25) is 0 Å². The predicted octanol–water partition coefficient (Wildman–Crippen LogP) is 1.35. The normalized spacial score (nSPS) is 17.4. The SMILES string of the molecule is c1cn(CCCNCCN2CCCCC2)cn1. The number of nitrogens with zero attached hydrogens (tertiary/aromatic N) is 3. The summed E-state index contributed by atoms with van der Waals surface area (Å²) in [7, 11) is 0. The van der Waals surface area contributed by atoms with E-state index in [1.807, 2.05) is 18.7 Å². The maximum Gasteiger partial charge on any atom is 0.0945 e. The van der Waals surface area contributed by atoms with Crippen LogP contribution in [0.2, 0.25) is 0 Å². The molecule has 4 heteroatoms. The Labute approximate surface area is 104 Å². The van der Waals surface area contributed by atoms with Crippen molar-refractivity contribution in [1.82, 2.24) is 19.8 Å². The Morgan fingerprint density at radius 3 is 2.71 bits per heavy atom. The van der Waals surface area contributed by atoms with Crippen LogP contribution in [0.5, 0.6) is 0 Å². The van der Waals surface area contributed by atoms with Crippen LogP contribution in [0.1, 0.15) is 25.7 Å². The van der Waals surface area contributed by atoms with Crippen LogP contribution in [0.15, 0.2) is 18.7 Å². The van der Waals surface area contributed by atoms with E-state index < -0.39 is 0 Å². The first kappa shape index (κ1) is 12.6. The van der Waals surface area contributed by atoms with E-state index in [-0.39, 0.29) is 0 Å². The number of imidazole rings is 1. The second kappa shape index (κ2) is 7.45. The number of nitrogens with one attached hydrogen (secondary N) is 1. The zero-order valence-electron chi connectivity index (χ0n) is 10.6. The van der Waals surface area contributed by atoms with E-state index in [9.17, 15) is 0 Å². The Bertz CT molecular complexity index is 278. The molecule has 0 unspecified atom stereocenters. The van der Waals surface area contributed by atoms with Gasteiger partial charge < -0.3 is 14.8 Å². The Balaban J connectivity index is 1.43. The summed E-state index contributed by atoms with van der Waals surface area (Å²) in [6, 6.07) is 0. The molecule has 1 fully saturated rings. The molecule has 0 aromatic carbocycles. The average molecular weight is 236 g/mol. The van der Waals surface area contributed by atoms with Crippen molar-refractivity contribution in [1.29, 1.82) is 0 Å². The van der Waals surface area contributed by atoms with Gasteiger partial charge in [-0.1, -0.05) is 6.42 Å². The maximum atomic E-state index is 4.03. The summed E-state index contributed by atoms with van der Waals surface area (Å²) >= 11 is 0. The summed E-state index contributed by atoms with van der Waals surface area (Å²) in [6.45, 7) is 7.12. The Morgan fingerprint density at radius 2 is 1.94 bits per heavy atom. The number of likely N-dealkylation sites (tertiary alicyclic amines) is 1. The second-order valence-corrected chi connectivity index (χ2v) is 4.81. The number of hydrogen-bond acceptors (Lipinski definition) is 3. The van der Waals surface area contributed by atoms with Gasteiger partial charge in [0, 0.05) is 32.0 Å². The average Bonchev–Trinajstić information content (AvgIpc) is 2.88. The number of aromatic nitrogens is 2. The summed E-state index contributed by atoms with van der Waals surface area (Å²) < 4.78 is 2.13. The minimum absolute atomic E-state index is 1.07. The van der Waals surface area contributed by atoms with Crippen molar-refractivity contribution in [3.8, 4) is 0 Å². The van der Waals surface area contributed by atoms with Gasteiger partial charge in [-0.2, -0.15) is 0 Å². The van der Waals surface area contributed by atoms with E-state index in [1.54, 1.807) is 0 Å². The van der Waals surface area contributed by atoms with Crippen LogP contribution in [-0.4, -0.2) is 47.2 Å². The lowest BCUT2D eigenvalue weighted by molar-refractivity contribution is 0.229. The number of aryl methyl sites for hydroxylation is 1. The van der Waals surface area contributed by atoms with Gasteiger partial charge in [0.1, 0.15) is 0 Å². The standard InChI is InChI=1S/C13H24N4/c1-2-8-16(9-3-1)11-6-14-5-4-10-17-12-7-15-13-17/h7,12-14H,1-6,8-11H2. The lowest BCUT2D eigenvalue weighted by Gasteiger charge is -2.26. The van der Waals surface area contributed by atoms with Crippen molar-refractivity contribution in [2.24, 2.45) is 0 Å². The molecule has 1 aromatic rings. The van der Waals surface area contributed by atoms with Crippen molar-refractivity contribution >= 4 is 0 Å². The molecule has 1 N–H and O–H groups in total. The van der Waals surface area contributed by atoms with E-state index in [0.717, 1.165) is 19.6 Å². The zero-order valence-corrected chi connectivity index (χ0v) is 10.6. The van der Waals surface area contributed by atoms with Crippen molar-refractivity contribution in [2.45, 2.75) is 32.2 Å². The summed E-state index contributed by atoms with van der Waals surface area (Å²) in [6.07, 6.45) is 11.1. The van der Waals surface area contributed by atoms with E-state index in [1.165, 1.54) is 45.3 Å². The van der Waals surface area contributed by atoms with Crippen LogP contribution in [0.25, 0.3) is 0 Å². The molecule has 4 nitrogen and oxygen atoms in total. The highest BCUT2D eigenvalue weighted by Crippen LogP contribution is 2.07. The third-order valence-electron chi connectivity index (χ3n) is 3.38. The summed E-state index contributed by atoms with van der Waals surface area (Å²) in [4.78, 5) is 6.61. The van der Waals surface area contributed by atoms with Gasteiger partial charge in [0.25, 0.3) is 0 Å². The lowest BCUT2D eigenvalue weighted by Crippen LogP contribution is -2.36. The van der Waals surface area contributed by atoms with Crippen LogP contribution in [0.4, 0.5) is 0 Å². The summed E-state index contributed by atoms with van der Waals surface area (Å²) in [5, 5.41) is 3.52. The first-order valence-corrected chi connectivity index (χ1v) is 6.84. The molecule has 0 saturated carbocycles. The van der Waals surface area contributed by atoms with Gasteiger partial charge in [0.15, 0.2) is 0 Å². The van der Waals surface area contributed by atoms with Gasteiger partial charge in [-0.15, -0.1) is 0 Å². The van der Waals surface area contributed by atoms with Gasteiger partial charge in [-0.05, 0) is 38.9 Å². The predicted molar refractivity (Wildman–Crippen MR) is 70.0 cm³/mol. The molecule has 17 heavy (non-hydrogen) atoms. The molecule has 0 spiro atoms. The molecule has 0 aliphatic carbocycles. The molecule has 2 heterocycles. The number of piperidine rings is 1. The lowest BCUT2D eigenvalue weighted by atomic mass is 10.1. The second-order valence-electron chi connectivity index (χ2n) is 4.81. The highest BCUT2D eigenvalue weighted by molar-refractivity contribution is 4.73. The molecule has 96 valence electrons. The molecule has 0 amide bonds. The quantitative estimate of drug-likeness (QED) is 0.725. The molecule has 0 atom stereocenters. The maximum absolute atomic E-state index is 4.03. The fraction of sp³-hybridized carbons (Fsp3) is 0.769. The molecule has 1 aliphatic heterocycles. The highest BCUT2D eigenvalue weighted by Gasteiger charge is 2.08. The number of hydrogen-bond donors (Lipinski definition) is 1. The van der Waals surface area contributed by atoms with E-state index in [2.05, 4.69) is 19.8 Å². The van der Waals surface area contributed by atoms with E-state index >= 15 is 0 Å². The Hall–Kier alpha value is -0.870. The monoisotopic (exact) mass is 236 g/mol. The van der Waals surface area contributed by atoms with Gasteiger partial charge >= 0.3 is 0 Å². The van der Waals surface area contributed by atoms with Crippen molar-refractivity contribution in [3.63, 3.8) is 0 Å². The first-order chi connectivity index (χ1) is 8.45. The summed E-state index contributed by atoms with van der Waals surface area (Å²) in [5.74, 6) is 0. The summed E-state index contributed by atoms with van der Waals surface area (Å²) in [5.41, 5.74) is 0. The van der Waals surface area contributed by atoms with Crippen LogP contribution >= 0.6 is 0 Å². The fourth-order valence-electron chi connectivity index (χ4n) is 2.35. The van der Waals surface area contributed by atoms with E-state index in [4.69, 9.17) is 0 Å². The van der Waals surface area contributed by atoms with Crippen LogP contribution < -0.4 is 5.32 Å². The molecule has 1 aliphatic rings. The van der Waals surface area contributed by atoms with Crippen molar-refractivity contribution in [2.75, 3.05) is 32.7 Å². The Morgan fingerprint density at radius 1 is 1.06 bits per heavy atom. The van der Waals surface area contributed by atoms with Crippen LogP contribution in [0.3, 0.4) is 0 Å². The van der Waals surface area contributed by atoms with Crippen LogP contribution in [-0.2, 0) is 6.54 Å².